The molecule has 1 saturated heterocycles. The molecule has 2 aromatic carbocycles. The number of likely N-dealkylation sites (tertiary alicyclic amines) is 1. The smallest absolute Gasteiger partial charge is 0.227 e. The van der Waals surface area contributed by atoms with Gasteiger partial charge >= 0.3 is 0 Å². The van der Waals surface area contributed by atoms with Gasteiger partial charge in [-0.05, 0) is 63.0 Å². The van der Waals surface area contributed by atoms with E-state index in [-0.39, 0.29) is 11.8 Å². The molecule has 0 spiro atoms. The van der Waals surface area contributed by atoms with Gasteiger partial charge in [-0.3, -0.25) is 9.69 Å². The number of amides is 1. The van der Waals surface area contributed by atoms with E-state index in [2.05, 4.69) is 41.4 Å². The van der Waals surface area contributed by atoms with Crippen LogP contribution in [-0.2, 0) is 11.3 Å². The highest BCUT2D eigenvalue weighted by Gasteiger charge is 2.25. The maximum atomic E-state index is 12.7. The number of rotatable bonds is 6. The van der Waals surface area contributed by atoms with Crippen LogP contribution in [0.4, 0.5) is 5.69 Å². The average Bonchev–Trinajstić information content (AvgIpc) is 2.66. The van der Waals surface area contributed by atoms with Crippen LogP contribution in [-0.4, -0.2) is 30.5 Å². The second-order valence-electron chi connectivity index (χ2n) is 6.90. The number of aryl methyl sites for hydroxylation is 1. The molecule has 1 heterocycles. The summed E-state index contributed by atoms with van der Waals surface area (Å²) >= 11 is 0. The van der Waals surface area contributed by atoms with Crippen LogP contribution in [0.15, 0.2) is 48.5 Å². The Bertz CT molecular complexity index is 736. The molecule has 1 aliphatic rings. The molecule has 1 aliphatic heterocycles. The van der Waals surface area contributed by atoms with Crippen molar-refractivity contribution in [2.75, 3.05) is 25.0 Å². The van der Waals surface area contributed by atoms with Gasteiger partial charge < -0.3 is 10.1 Å². The minimum Gasteiger partial charge on any atom is -0.492 e. The molecular formula is C22H28N2O2. The summed E-state index contributed by atoms with van der Waals surface area (Å²) < 4.78 is 5.60. The maximum absolute atomic E-state index is 12.7. The van der Waals surface area contributed by atoms with Crippen molar-refractivity contribution in [3.8, 4) is 5.75 Å². The molecular weight excluding hydrogens is 324 g/mol. The molecule has 0 saturated carbocycles. The zero-order chi connectivity index (χ0) is 18.4. The minimum atomic E-state index is 0.0674. The molecule has 4 nitrogen and oxygen atoms in total. The number of para-hydroxylation sites is 2. The lowest BCUT2D eigenvalue weighted by atomic mass is 9.95. The molecule has 1 amide bonds. The van der Waals surface area contributed by atoms with E-state index in [1.807, 2.05) is 31.2 Å². The molecule has 0 unspecified atom stereocenters. The Morgan fingerprint density at radius 2 is 1.81 bits per heavy atom. The van der Waals surface area contributed by atoms with E-state index in [1.54, 1.807) is 0 Å². The summed E-state index contributed by atoms with van der Waals surface area (Å²) in [5, 5.41) is 3.06. The fourth-order valence-electron chi connectivity index (χ4n) is 3.47. The van der Waals surface area contributed by atoms with Gasteiger partial charge in [0.15, 0.2) is 0 Å². The summed E-state index contributed by atoms with van der Waals surface area (Å²) in [6, 6.07) is 16.2. The van der Waals surface area contributed by atoms with Gasteiger partial charge in [-0.1, -0.05) is 36.4 Å². The number of hydrogen-bond donors (Lipinski definition) is 1. The number of benzene rings is 2. The van der Waals surface area contributed by atoms with Crippen LogP contribution in [0, 0.1) is 12.8 Å². The van der Waals surface area contributed by atoms with Crippen molar-refractivity contribution in [2.24, 2.45) is 5.92 Å². The van der Waals surface area contributed by atoms with Gasteiger partial charge in [0.2, 0.25) is 5.91 Å². The van der Waals surface area contributed by atoms with Gasteiger partial charge in [0.25, 0.3) is 0 Å². The zero-order valence-electron chi connectivity index (χ0n) is 15.7. The van der Waals surface area contributed by atoms with Gasteiger partial charge in [0.05, 0.1) is 12.3 Å². The summed E-state index contributed by atoms with van der Waals surface area (Å²) in [6.45, 7) is 7.57. The maximum Gasteiger partial charge on any atom is 0.227 e. The third-order valence-electron chi connectivity index (χ3n) is 5.06. The molecule has 0 bridgehead atoms. The number of hydrogen-bond acceptors (Lipinski definition) is 3. The molecule has 1 N–H and O–H groups in total. The first kappa shape index (κ1) is 18.5. The number of carbonyl (C=O) groups is 1. The number of piperidine rings is 1. The van der Waals surface area contributed by atoms with Crippen LogP contribution in [0.25, 0.3) is 0 Å². The molecule has 0 radical (unpaired) electrons. The number of nitrogens with zero attached hydrogens (tertiary/aromatic N) is 1. The average molecular weight is 352 g/mol. The highest BCUT2D eigenvalue weighted by atomic mass is 16.5. The SMILES string of the molecule is CCOc1ccccc1NC(=O)C1CCN(Cc2ccccc2C)CC1. The highest BCUT2D eigenvalue weighted by Crippen LogP contribution is 2.26. The van der Waals surface area contributed by atoms with E-state index in [0.717, 1.165) is 43.9 Å². The monoisotopic (exact) mass is 352 g/mol. The largest absolute Gasteiger partial charge is 0.492 e. The first-order chi connectivity index (χ1) is 12.7. The molecule has 26 heavy (non-hydrogen) atoms. The third-order valence-corrected chi connectivity index (χ3v) is 5.06. The van der Waals surface area contributed by atoms with Gasteiger partial charge in [-0.2, -0.15) is 0 Å². The van der Waals surface area contributed by atoms with E-state index >= 15 is 0 Å². The number of anilines is 1. The normalized spacial score (nSPS) is 15.6. The van der Waals surface area contributed by atoms with Crippen LogP contribution in [0.2, 0.25) is 0 Å². The lowest BCUT2D eigenvalue weighted by Crippen LogP contribution is -2.37. The predicted molar refractivity (Wildman–Crippen MR) is 105 cm³/mol. The van der Waals surface area contributed by atoms with Gasteiger partial charge in [0, 0.05) is 12.5 Å². The Morgan fingerprint density at radius 3 is 2.54 bits per heavy atom. The fraction of sp³-hybridized carbons (Fsp3) is 0.409. The predicted octanol–water partition coefficient (Wildman–Crippen LogP) is 4.24. The first-order valence-corrected chi connectivity index (χ1v) is 9.47. The molecule has 0 atom stereocenters. The van der Waals surface area contributed by atoms with Crippen molar-refractivity contribution in [2.45, 2.75) is 33.2 Å². The van der Waals surface area contributed by atoms with Crippen LogP contribution in [0.5, 0.6) is 5.75 Å². The summed E-state index contributed by atoms with van der Waals surface area (Å²) in [4.78, 5) is 15.1. The van der Waals surface area contributed by atoms with E-state index in [0.29, 0.717) is 6.61 Å². The Labute approximate surface area is 156 Å². The van der Waals surface area contributed by atoms with Crippen LogP contribution >= 0.6 is 0 Å². The number of carbonyl (C=O) groups excluding carboxylic acids is 1. The second-order valence-corrected chi connectivity index (χ2v) is 6.90. The third kappa shape index (κ3) is 4.64. The Hall–Kier alpha value is -2.33. The van der Waals surface area contributed by atoms with Crippen LogP contribution < -0.4 is 10.1 Å². The molecule has 138 valence electrons. The van der Waals surface area contributed by atoms with Crippen LogP contribution in [0.1, 0.15) is 30.9 Å². The second kappa shape index (κ2) is 8.86. The molecule has 0 aromatic heterocycles. The molecule has 3 rings (SSSR count). The fourth-order valence-corrected chi connectivity index (χ4v) is 3.47. The van der Waals surface area contributed by atoms with Crippen molar-refractivity contribution >= 4 is 11.6 Å². The topological polar surface area (TPSA) is 41.6 Å². The summed E-state index contributed by atoms with van der Waals surface area (Å²) in [6.07, 6.45) is 1.79. The van der Waals surface area contributed by atoms with Crippen molar-refractivity contribution in [3.63, 3.8) is 0 Å². The molecule has 4 heteroatoms. The molecule has 0 aliphatic carbocycles. The van der Waals surface area contributed by atoms with E-state index in [9.17, 15) is 4.79 Å². The number of ether oxygens (including phenoxy) is 1. The summed E-state index contributed by atoms with van der Waals surface area (Å²) in [7, 11) is 0. The van der Waals surface area contributed by atoms with Crippen molar-refractivity contribution < 1.29 is 9.53 Å². The van der Waals surface area contributed by atoms with Gasteiger partial charge in [-0.25, -0.2) is 0 Å². The highest BCUT2D eigenvalue weighted by molar-refractivity contribution is 5.94. The summed E-state index contributed by atoms with van der Waals surface area (Å²) in [5.74, 6) is 0.908. The molecule has 1 fully saturated rings. The van der Waals surface area contributed by atoms with Crippen LogP contribution in [0.3, 0.4) is 0 Å². The Kier molecular flexibility index (Phi) is 6.29. The van der Waals surface area contributed by atoms with Crippen molar-refractivity contribution in [3.05, 3.63) is 59.7 Å². The lowest BCUT2D eigenvalue weighted by Gasteiger charge is -2.31. The van der Waals surface area contributed by atoms with E-state index in [4.69, 9.17) is 4.74 Å². The lowest BCUT2D eigenvalue weighted by molar-refractivity contribution is -0.121. The minimum absolute atomic E-state index is 0.0674. The number of nitrogens with one attached hydrogen (secondary N) is 1. The van der Waals surface area contributed by atoms with E-state index < -0.39 is 0 Å². The zero-order valence-corrected chi connectivity index (χ0v) is 15.7. The Balaban J connectivity index is 1.53. The van der Waals surface area contributed by atoms with E-state index in [1.165, 1.54) is 11.1 Å². The quantitative estimate of drug-likeness (QED) is 0.845. The van der Waals surface area contributed by atoms with Crippen molar-refractivity contribution in [1.82, 2.24) is 4.90 Å². The standard InChI is InChI=1S/C22H28N2O2/c1-3-26-21-11-7-6-10-20(21)23-22(25)18-12-14-24(15-13-18)16-19-9-5-4-8-17(19)2/h4-11,18H,3,12-16H2,1-2H3,(H,23,25). The van der Waals surface area contributed by atoms with Gasteiger partial charge in [0.1, 0.15) is 5.75 Å². The first-order valence-electron chi connectivity index (χ1n) is 9.47. The Morgan fingerprint density at radius 1 is 1.12 bits per heavy atom. The van der Waals surface area contributed by atoms with Gasteiger partial charge in [-0.15, -0.1) is 0 Å². The van der Waals surface area contributed by atoms with Crippen molar-refractivity contribution in [1.29, 1.82) is 0 Å². The summed E-state index contributed by atoms with van der Waals surface area (Å²) in [5.41, 5.74) is 3.47. The molecule has 2 aromatic rings.